The van der Waals surface area contributed by atoms with Gasteiger partial charge in [0.05, 0.1) is 23.1 Å². The summed E-state index contributed by atoms with van der Waals surface area (Å²) in [6.45, 7) is 3.14. The Labute approximate surface area is 110 Å². The zero-order valence-corrected chi connectivity index (χ0v) is 11.7. The standard InChI is InChI=1S/C13H16BrN3/c1-3-6-17(2)13-10-7-9(14)4-5-12(10)16-8-11(13)15/h4-5,7-8H,3,6,15H2,1-2H3. The minimum Gasteiger partial charge on any atom is -0.396 e. The summed E-state index contributed by atoms with van der Waals surface area (Å²) >= 11 is 3.49. The van der Waals surface area contributed by atoms with E-state index in [2.05, 4.69) is 45.9 Å². The summed E-state index contributed by atoms with van der Waals surface area (Å²) in [6, 6.07) is 6.07. The third-order valence-electron chi connectivity index (χ3n) is 2.77. The molecule has 1 aromatic carbocycles. The number of hydrogen-bond acceptors (Lipinski definition) is 3. The maximum absolute atomic E-state index is 6.05. The van der Waals surface area contributed by atoms with E-state index in [-0.39, 0.29) is 0 Å². The van der Waals surface area contributed by atoms with Crippen LogP contribution in [0.3, 0.4) is 0 Å². The van der Waals surface area contributed by atoms with Gasteiger partial charge in [-0.1, -0.05) is 22.9 Å². The number of halogens is 1. The van der Waals surface area contributed by atoms with Gasteiger partial charge in [0.15, 0.2) is 0 Å². The van der Waals surface area contributed by atoms with E-state index < -0.39 is 0 Å². The first-order valence-corrected chi connectivity index (χ1v) is 6.47. The third kappa shape index (κ3) is 2.36. The van der Waals surface area contributed by atoms with Gasteiger partial charge in [-0.05, 0) is 24.6 Å². The summed E-state index contributed by atoms with van der Waals surface area (Å²) in [5.74, 6) is 0. The van der Waals surface area contributed by atoms with E-state index in [0.29, 0.717) is 0 Å². The number of nitrogens with zero attached hydrogens (tertiary/aromatic N) is 2. The van der Waals surface area contributed by atoms with Crippen LogP contribution in [0.1, 0.15) is 13.3 Å². The van der Waals surface area contributed by atoms with Crippen molar-refractivity contribution in [3.05, 3.63) is 28.9 Å². The fraction of sp³-hybridized carbons (Fsp3) is 0.308. The molecule has 1 aromatic heterocycles. The SMILES string of the molecule is CCCN(C)c1c(N)cnc2ccc(Br)cc12. The van der Waals surface area contributed by atoms with Gasteiger partial charge in [0.25, 0.3) is 0 Å². The van der Waals surface area contributed by atoms with Crippen molar-refractivity contribution in [1.29, 1.82) is 0 Å². The van der Waals surface area contributed by atoms with Crippen molar-refractivity contribution in [3.63, 3.8) is 0 Å². The lowest BCUT2D eigenvalue weighted by Crippen LogP contribution is -2.19. The van der Waals surface area contributed by atoms with Gasteiger partial charge < -0.3 is 10.6 Å². The lowest BCUT2D eigenvalue weighted by molar-refractivity contribution is 0.856. The number of hydrogen-bond donors (Lipinski definition) is 1. The van der Waals surface area contributed by atoms with Gasteiger partial charge in [-0.15, -0.1) is 0 Å². The van der Waals surface area contributed by atoms with Crippen LogP contribution < -0.4 is 10.6 Å². The minimum atomic E-state index is 0.728. The first-order chi connectivity index (χ1) is 8.13. The second-order valence-corrected chi connectivity index (χ2v) is 5.06. The highest BCUT2D eigenvalue weighted by atomic mass is 79.9. The zero-order chi connectivity index (χ0) is 12.4. The molecule has 0 unspecified atom stereocenters. The van der Waals surface area contributed by atoms with Gasteiger partial charge in [-0.25, -0.2) is 0 Å². The molecule has 0 aliphatic carbocycles. The largest absolute Gasteiger partial charge is 0.396 e. The Kier molecular flexibility index (Phi) is 3.52. The van der Waals surface area contributed by atoms with Gasteiger partial charge in [0.1, 0.15) is 0 Å². The smallest absolute Gasteiger partial charge is 0.0745 e. The molecule has 2 N–H and O–H groups in total. The molecular weight excluding hydrogens is 278 g/mol. The second-order valence-electron chi connectivity index (χ2n) is 4.15. The molecule has 0 aliphatic heterocycles. The van der Waals surface area contributed by atoms with Gasteiger partial charge in [0.2, 0.25) is 0 Å². The fourth-order valence-electron chi connectivity index (χ4n) is 2.04. The molecule has 4 heteroatoms. The highest BCUT2D eigenvalue weighted by Crippen LogP contribution is 2.32. The molecule has 0 radical (unpaired) electrons. The van der Waals surface area contributed by atoms with Crippen LogP contribution in [-0.4, -0.2) is 18.6 Å². The van der Waals surface area contributed by atoms with Crippen molar-refractivity contribution >= 4 is 38.2 Å². The highest BCUT2D eigenvalue weighted by Gasteiger charge is 2.10. The van der Waals surface area contributed by atoms with Crippen molar-refractivity contribution in [2.24, 2.45) is 0 Å². The van der Waals surface area contributed by atoms with Crippen molar-refractivity contribution in [2.45, 2.75) is 13.3 Å². The molecular formula is C13H16BrN3. The number of nitrogens with two attached hydrogens (primary N) is 1. The van der Waals surface area contributed by atoms with Gasteiger partial charge in [-0.3, -0.25) is 4.98 Å². The van der Waals surface area contributed by atoms with Crippen LogP contribution in [0, 0.1) is 0 Å². The van der Waals surface area contributed by atoms with Crippen molar-refractivity contribution in [3.8, 4) is 0 Å². The summed E-state index contributed by atoms with van der Waals surface area (Å²) in [5, 5.41) is 1.09. The molecule has 0 saturated heterocycles. The van der Waals surface area contributed by atoms with Crippen LogP contribution >= 0.6 is 15.9 Å². The molecule has 90 valence electrons. The lowest BCUT2D eigenvalue weighted by atomic mass is 10.1. The molecule has 17 heavy (non-hydrogen) atoms. The fourth-order valence-corrected chi connectivity index (χ4v) is 2.40. The van der Waals surface area contributed by atoms with E-state index in [1.54, 1.807) is 6.20 Å². The summed E-state index contributed by atoms with van der Waals surface area (Å²) in [4.78, 5) is 6.54. The number of anilines is 2. The second kappa shape index (κ2) is 4.92. The Hall–Kier alpha value is -1.29. The van der Waals surface area contributed by atoms with Gasteiger partial charge >= 0.3 is 0 Å². The van der Waals surface area contributed by atoms with E-state index in [4.69, 9.17) is 5.73 Å². The zero-order valence-electron chi connectivity index (χ0n) is 10.1. The molecule has 2 rings (SSSR count). The first kappa shape index (κ1) is 12.2. The Morgan fingerprint density at radius 2 is 2.18 bits per heavy atom. The van der Waals surface area contributed by atoms with Crippen LogP contribution in [0.5, 0.6) is 0 Å². The highest BCUT2D eigenvalue weighted by molar-refractivity contribution is 9.10. The summed E-state index contributed by atoms with van der Waals surface area (Å²) in [5.41, 5.74) is 8.82. The van der Waals surface area contributed by atoms with E-state index >= 15 is 0 Å². The summed E-state index contributed by atoms with van der Waals surface area (Å²) < 4.78 is 1.04. The van der Waals surface area contributed by atoms with Crippen LogP contribution in [0.2, 0.25) is 0 Å². The van der Waals surface area contributed by atoms with Crippen LogP contribution in [0.4, 0.5) is 11.4 Å². The number of pyridine rings is 1. The molecule has 0 fully saturated rings. The molecule has 0 spiro atoms. The monoisotopic (exact) mass is 293 g/mol. The average molecular weight is 294 g/mol. The Morgan fingerprint density at radius 3 is 2.88 bits per heavy atom. The predicted octanol–water partition coefficient (Wildman–Crippen LogP) is 3.43. The van der Waals surface area contributed by atoms with Crippen LogP contribution in [0.25, 0.3) is 10.9 Å². The number of benzene rings is 1. The number of rotatable bonds is 3. The van der Waals surface area contributed by atoms with E-state index in [9.17, 15) is 0 Å². The first-order valence-electron chi connectivity index (χ1n) is 5.68. The maximum atomic E-state index is 6.05. The van der Waals surface area contributed by atoms with E-state index in [1.807, 2.05) is 12.1 Å². The van der Waals surface area contributed by atoms with Crippen LogP contribution in [0.15, 0.2) is 28.9 Å². The molecule has 1 heterocycles. The molecule has 0 atom stereocenters. The van der Waals surface area contributed by atoms with Crippen molar-refractivity contribution in [1.82, 2.24) is 4.98 Å². The molecule has 0 bridgehead atoms. The Bertz CT molecular complexity index is 534. The topological polar surface area (TPSA) is 42.1 Å². The Morgan fingerprint density at radius 1 is 1.41 bits per heavy atom. The lowest BCUT2D eigenvalue weighted by Gasteiger charge is -2.22. The van der Waals surface area contributed by atoms with Crippen LogP contribution in [-0.2, 0) is 0 Å². The average Bonchev–Trinajstić information content (AvgIpc) is 2.28. The number of nitrogen functional groups attached to an aromatic ring is 1. The minimum absolute atomic E-state index is 0.728. The quantitative estimate of drug-likeness (QED) is 0.943. The molecule has 0 amide bonds. The van der Waals surface area contributed by atoms with Crippen molar-refractivity contribution in [2.75, 3.05) is 24.2 Å². The van der Waals surface area contributed by atoms with E-state index in [1.165, 1.54) is 0 Å². The van der Waals surface area contributed by atoms with Crippen molar-refractivity contribution < 1.29 is 0 Å². The number of aromatic nitrogens is 1. The predicted molar refractivity (Wildman–Crippen MR) is 77.4 cm³/mol. The van der Waals surface area contributed by atoms with Gasteiger partial charge in [0, 0.05) is 23.5 Å². The number of fused-ring (bicyclic) bond motifs is 1. The molecule has 0 aliphatic rings. The normalized spacial score (nSPS) is 10.8. The summed E-state index contributed by atoms with van der Waals surface area (Å²) in [7, 11) is 2.07. The molecule has 2 aromatic rings. The van der Waals surface area contributed by atoms with E-state index in [0.717, 1.165) is 39.7 Å². The Balaban J connectivity index is 2.65. The molecule has 0 saturated carbocycles. The molecule has 3 nitrogen and oxygen atoms in total. The summed E-state index contributed by atoms with van der Waals surface area (Å²) in [6.07, 6.45) is 2.82. The maximum Gasteiger partial charge on any atom is 0.0745 e. The van der Waals surface area contributed by atoms with Gasteiger partial charge in [-0.2, -0.15) is 0 Å². The third-order valence-corrected chi connectivity index (χ3v) is 3.26.